The van der Waals surface area contributed by atoms with E-state index in [-0.39, 0.29) is 6.09 Å². The van der Waals surface area contributed by atoms with Gasteiger partial charge in [0.25, 0.3) is 0 Å². The van der Waals surface area contributed by atoms with Crippen LogP contribution in [0.2, 0.25) is 0 Å². The molecule has 0 aliphatic carbocycles. The fourth-order valence-electron chi connectivity index (χ4n) is 3.63. The Labute approximate surface area is 139 Å². The Bertz CT molecular complexity index is 356. The van der Waals surface area contributed by atoms with E-state index in [2.05, 4.69) is 11.6 Å². The molecule has 5 heteroatoms. The molecule has 4 nitrogen and oxygen atoms in total. The zero-order valence-electron chi connectivity index (χ0n) is 14.6. The lowest BCUT2D eigenvalue weighted by Crippen LogP contribution is -2.52. The third kappa shape index (κ3) is 5.05. The molecule has 2 rings (SSSR count). The summed E-state index contributed by atoms with van der Waals surface area (Å²) < 4.78 is 5.58. The molecule has 2 aliphatic rings. The minimum absolute atomic E-state index is 0.113. The van der Waals surface area contributed by atoms with Crippen molar-refractivity contribution >= 4 is 17.9 Å². The lowest BCUT2D eigenvalue weighted by molar-refractivity contribution is 0.00475. The standard InChI is InChI=1S/C17H32N2O2S/c1-17(2,3)21-16(20)19-14-7-8-15(19)12-13(11-14)18-9-5-6-10-22-4/h13-15,18H,5-12H2,1-4H3. The summed E-state index contributed by atoms with van der Waals surface area (Å²) in [5.74, 6) is 1.25. The van der Waals surface area contributed by atoms with Crippen LogP contribution >= 0.6 is 11.8 Å². The van der Waals surface area contributed by atoms with Crippen molar-refractivity contribution in [3.63, 3.8) is 0 Å². The number of hydrogen-bond acceptors (Lipinski definition) is 4. The molecule has 0 radical (unpaired) electrons. The molecular weight excluding hydrogens is 296 g/mol. The van der Waals surface area contributed by atoms with Gasteiger partial charge in [0.05, 0.1) is 0 Å². The second-order valence-corrected chi connectivity index (χ2v) is 8.58. The molecule has 128 valence electrons. The van der Waals surface area contributed by atoms with Crippen LogP contribution in [-0.2, 0) is 4.74 Å². The topological polar surface area (TPSA) is 41.6 Å². The third-order valence-electron chi connectivity index (χ3n) is 4.55. The zero-order valence-corrected chi connectivity index (χ0v) is 15.4. The van der Waals surface area contributed by atoms with E-state index in [1.165, 1.54) is 18.6 Å². The highest BCUT2D eigenvalue weighted by Crippen LogP contribution is 2.36. The van der Waals surface area contributed by atoms with Crippen molar-refractivity contribution in [3.05, 3.63) is 0 Å². The highest BCUT2D eigenvalue weighted by Gasteiger charge is 2.44. The van der Waals surface area contributed by atoms with Crippen LogP contribution in [0.25, 0.3) is 0 Å². The first-order chi connectivity index (χ1) is 10.4. The normalized spacial score (nSPS) is 28.0. The number of nitrogens with zero attached hydrogens (tertiary/aromatic N) is 1. The van der Waals surface area contributed by atoms with Gasteiger partial charge < -0.3 is 15.0 Å². The van der Waals surface area contributed by atoms with Gasteiger partial charge in [-0.2, -0.15) is 11.8 Å². The fourth-order valence-corrected chi connectivity index (χ4v) is 4.13. The average molecular weight is 329 g/mol. The Morgan fingerprint density at radius 3 is 2.41 bits per heavy atom. The summed E-state index contributed by atoms with van der Waals surface area (Å²) in [4.78, 5) is 14.4. The van der Waals surface area contributed by atoms with Gasteiger partial charge in [-0.1, -0.05) is 0 Å². The lowest BCUT2D eigenvalue weighted by atomic mass is 9.97. The molecule has 0 aromatic rings. The molecule has 2 unspecified atom stereocenters. The third-order valence-corrected chi connectivity index (χ3v) is 5.24. The van der Waals surface area contributed by atoms with E-state index in [0.29, 0.717) is 18.1 Å². The second kappa shape index (κ2) is 7.91. The van der Waals surface area contributed by atoms with Gasteiger partial charge in [-0.25, -0.2) is 4.79 Å². The smallest absolute Gasteiger partial charge is 0.410 e. The van der Waals surface area contributed by atoms with Crippen LogP contribution in [0.15, 0.2) is 0 Å². The molecule has 0 aromatic heterocycles. The molecule has 2 atom stereocenters. The molecule has 2 saturated heterocycles. The van der Waals surface area contributed by atoms with Gasteiger partial charge in [-0.05, 0) is 77.8 Å². The van der Waals surface area contributed by atoms with Crippen LogP contribution in [0.1, 0.15) is 59.3 Å². The van der Waals surface area contributed by atoms with Crippen molar-refractivity contribution in [1.82, 2.24) is 10.2 Å². The highest BCUT2D eigenvalue weighted by atomic mass is 32.2. The molecular formula is C17H32N2O2S. The summed E-state index contributed by atoms with van der Waals surface area (Å²) in [6, 6.07) is 1.32. The monoisotopic (exact) mass is 328 g/mol. The summed E-state index contributed by atoms with van der Waals surface area (Å²) in [5, 5.41) is 3.70. The Morgan fingerprint density at radius 2 is 1.86 bits per heavy atom. The molecule has 2 aliphatic heterocycles. The summed E-state index contributed by atoms with van der Waals surface area (Å²) in [5.41, 5.74) is -0.400. The first-order valence-electron chi connectivity index (χ1n) is 8.64. The predicted molar refractivity (Wildman–Crippen MR) is 93.5 cm³/mol. The number of unbranched alkanes of at least 4 members (excludes halogenated alkanes) is 1. The highest BCUT2D eigenvalue weighted by molar-refractivity contribution is 7.98. The molecule has 1 N–H and O–H groups in total. The predicted octanol–water partition coefficient (Wildman–Crippen LogP) is 3.65. The van der Waals surface area contributed by atoms with Crippen molar-refractivity contribution in [3.8, 4) is 0 Å². The number of thioether (sulfide) groups is 1. The summed E-state index contributed by atoms with van der Waals surface area (Å²) in [7, 11) is 0. The van der Waals surface area contributed by atoms with Crippen molar-refractivity contribution in [1.29, 1.82) is 0 Å². The van der Waals surface area contributed by atoms with Crippen molar-refractivity contribution < 1.29 is 9.53 Å². The molecule has 22 heavy (non-hydrogen) atoms. The Balaban J connectivity index is 1.78. The van der Waals surface area contributed by atoms with Crippen LogP contribution < -0.4 is 5.32 Å². The van der Waals surface area contributed by atoms with E-state index in [1.807, 2.05) is 37.4 Å². The number of carbonyl (C=O) groups is 1. The first kappa shape index (κ1) is 17.9. The van der Waals surface area contributed by atoms with Gasteiger partial charge in [0.15, 0.2) is 0 Å². The summed E-state index contributed by atoms with van der Waals surface area (Å²) in [6.07, 6.45) is 9.02. The Morgan fingerprint density at radius 1 is 1.23 bits per heavy atom. The maximum Gasteiger partial charge on any atom is 0.410 e. The van der Waals surface area contributed by atoms with Crippen LogP contribution in [-0.4, -0.2) is 53.3 Å². The number of piperidine rings is 1. The number of hydrogen-bond donors (Lipinski definition) is 1. The van der Waals surface area contributed by atoms with E-state index >= 15 is 0 Å². The number of ether oxygens (including phenoxy) is 1. The van der Waals surface area contributed by atoms with Crippen LogP contribution in [0.3, 0.4) is 0 Å². The number of amides is 1. The SMILES string of the molecule is CSCCCCNC1CC2CCC(C1)N2C(=O)OC(C)(C)C. The van der Waals surface area contributed by atoms with Gasteiger partial charge in [-0.15, -0.1) is 0 Å². The quantitative estimate of drug-likeness (QED) is 0.756. The summed E-state index contributed by atoms with van der Waals surface area (Å²) in [6.45, 7) is 6.93. The maximum atomic E-state index is 12.4. The van der Waals surface area contributed by atoms with Crippen LogP contribution in [0.5, 0.6) is 0 Å². The van der Waals surface area contributed by atoms with Gasteiger partial charge in [0, 0.05) is 18.1 Å². The van der Waals surface area contributed by atoms with Gasteiger partial charge in [-0.3, -0.25) is 0 Å². The number of carbonyl (C=O) groups excluding carboxylic acids is 1. The average Bonchev–Trinajstić information content (AvgIpc) is 2.68. The Hall–Kier alpha value is -0.420. The maximum absolute atomic E-state index is 12.4. The molecule has 0 aromatic carbocycles. The van der Waals surface area contributed by atoms with Crippen molar-refractivity contribution in [2.24, 2.45) is 0 Å². The molecule has 2 bridgehead atoms. The molecule has 2 fully saturated rings. The van der Waals surface area contributed by atoms with Gasteiger partial charge in [0.2, 0.25) is 0 Å². The molecule has 0 saturated carbocycles. The van der Waals surface area contributed by atoms with Crippen molar-refractivity contribution in [2.45, 2.75) is 83.0 Å². The second-order valence-electron chi connectivity index (χ2n) is 7.59. The molecule has 0 spiro atoms. The molecule has 1 amide bonds. The van der Waals surface area contributed by atoms with E-state index in [9.17, 15) is 4.79 Å². The number of nitrogens with one attached hydrogen (secondary N) is 1. The van der Waals surface area contributed by atoms with Crippen LogP contribution in [0.4, 0.5) is 4.79 Å². The zero-order chi connectivity index (χ0) is 16.2. The first-order valence-corrected chi connectivity index (χ1v) is 10.0. The van der Waals surface area contributed by atoms with E-state index in [4.69, 9.17) is 4.74 Å². The Kier molecular flexibility index (Phi) is 6.45. The van der Waals surface area contributed by atoms with Crippen LogP contribution in [0, 0.1) is 0 Å². The lowest BCUT2D eigenvalue weighted by Gasteiger charge is -2.39. The number of rotatable bonds is 6. The molecule has 2 heterocycles. The van der Waals surface area contributed by atoms with Gasteiger partial charge in [0.1, 0.15) is 5.60 Å². The largest absolute Gasteiger partial charge is 0.444 e. The van der Waals surface area contributed by atoms with E-state index in [0.717, 1.165) is 32.2 Å². The minimum atomic E-state index is -0.400. The van der Waals surface area contributed by atoms with Gasteiger partial charge >= 0.3 is 6.09 Å². The van der Waals surface area contributed by atoms with E-state index in [1.54, 1.807) is 0 Å². The van der Waals surface area contributed by atoms with E-state index < -0.39 is 5.60 Å². The summed E-state index contributed by atoms with van der Waals surface area (Å²) >= 11 is 1.92. The number of fused-ring (bicyclic) bond motifs is 2. The minimum Gasteiger partial charge on any atom is -0.444 e. The van der Waals surface area contributed by atoms with Crippen molar-refractivity contribution in [2.75, 3.05) is 18.6 Å². The fraction of sp³-hybridized carbons (Fsp3) is 0.941.